The molecule has 1 atom stereocenters. The van der Waals surface area contributed by atoms with Crippen LogP contribution in [0.1, 0.15) is 29.8 Å². The molecule has 0 saturated carbocycles. The van der Waals surface area contributed by atoms with Gasteiger partial charge in [-0.15, -0.1) is 0 Å². The number of aryl methyl sites for hydroxylation is 2. The Morgan fingerprint density at radius 1 is 1.33 bits per heavy atom. The van der Waals surface area contributed by atoms with Gasteiger partial charge in [0.1, 0.15) is 6.04 Å². The first-order chi connectivity index (χ1) is 12.8. The second kappa shape index (κ2) is 7.40. The molecule has 0 aliphatic heterocycles. The van der Waals surface area contributed by atoms with Crippen molar-refractivity contribution < 1.29 is 9.72 Å². The van der Waals surface area contributed by atoms with Crippen LogP contribution in [-0.4, -0.2) is 30.4 Å². The fraction of sp³-hybridized carbons (Fsp3) is 0.278. The van der Waals surface area contributed by atoms with Gasteiger partial charge in [-0.25, -0.2) is 0 Å². The van der Waals surface area contributed by atoms with Crippen LogP contribution in [0.2, 0.25) is 0 Å². The van der Waals surface area contributed by atoms with E-state index in [4.69, 9.17) is 0 Å². The molecule has 0 bridgehead atoms. The molecular weight excluding hydrogens is 348 g/mol. The molecule has 9 nitrogen and oxygen atoms in total. The van der Waals surface area contributed by atoms with Gasteiger partial charge in [0.2, 0.25) is 0 Å². The highest BCUT2D eigenvalue weighted by atomic mass is 16.6. The van der Waals surface area contributed by atoms with Crippen LogP contribution in [0.25, 0.3) is 0 Å². The Labute approximate surface area is 155 Å². The second-order valence-corrected chi connectivity index (χ2v) is 6.36. The van der Waals surface area contributed by atoms with Crippen LogP contribution in [-0.2, 0) is 11.3 Å². The van der Waals surface area contributed by atoms with Crippen LogP contribution in [0.5, 0.6) is 0 Å². The molecule has 1 unspecified atom stereocenters. The number of benzene rings is 1. The average molecular weight is 368 g/mol. The van der Waals surface area contributed by atoms with Crippen molar-refractivity contribution in [1.82, 2.24) is 19.6 Å². The van der Waals surface area contributed by atoms with E-state index in [0.29, 0.717) is 17.9 Å². The van der Waals surface area contributed by atoms with E-state index in [1.54, 1.807) is 30.9 Å². The van der Waals surface area contributed by atoms with Crippen LogP contribution in [0.3, 0.4) is 0 Å². The Morgan fingerprint density at radius 3 is 2.74 bits per heavy atom. The van der Waals surface area contributed by atoms with Gasteiger partial charge in [-0.2, -0.15) is 9.78 Å². The number of amides is 1. The highest BCUT2D eigenvalue weighted by molar-refractivity contribution is 5.93. The molecule has 9 heteroatoms. The number of carbonyl (C=O) groups is 1. The van der Waals surface area contributed by atoms with E-state index in [2.05, 4.69) is 15.5 Å². The van der Waals surface area contributed by atoms with Crippen LogP contribution in [0.15, 0.2) is 42.7 Å². The molecule has 1 amide bonds. The highest BCUT2D eigenvalue weighted by Crippen LogP contribution is 2.18. The van der Waals surface area contributed by atoms with Crippen molar-refractivity contribution in [2.75, 3.05) is 5.32 Å². The Kier molecular flexibility index (Phi) is 5.02. The summed E-state index contributed by atoms with van der Waals surface area (Å²) in [6.07, 6.45) is 3.32. The first kappa shape index (κ1) is 18.3. The number of nitro groups is 1. The van der Waals surface area contributed by atoms with E-state index in [-0.39, 0.29) is 11.7 Å². The monoisotopic (exact) mass is 368 g/mol. The van der Waals surface area contributed by atoms with Gasteiger partial charge in [0.05, 0.1) is 35.3 Å². The van der Waals surface area contributed by atoms with E-state index >= 15 is 0 Å². The minimum Gasteiger partial charge on any atom is -0.358 e. The summed E-state index contributed by atoms with van der Waals surface area (Å²) >= 11 is 0. The first-order valence-corrected chi connectivity index (χ1v) is 8.43. The lowest BCUT2D eigenvalue weighted by atomic mass is 10.1. The molecule has 0 aliphatic rings. The summed E-state index contributed by atoms with van der Waals surface area (Å²) in [6.45, 7) is 5.94. The second-order valence-electron chi connectivity index (χ2n) is 6.36. The van der Waals surface area contributed by atoms with Gasteiger partial charge in [0.15, 0.2) is 0 Å². The van der Waals surface area contributed by atoms with Crippen molar-refractivity contribution >= 4 is 17.4 Å². The number of hydrogen-bond donors (Lipinski definition) is 1. The minimum atomic E-state index is -0.696. The Bertz CT molecular complexity index is 991. The van der Waals surface area contributed by atoms with Crippen LogP contribution in [0.4, 0.5) is 11.5 Å². The molecule has 2 heterocycles. The molecule has 3 rings (SSSR count). The number of rotatable bonds is 6. The maximum absolute atomic E-state index is 12.5. The molecule has 1 aromatic carbocycles. The van der Waals surface area contributed by atoms with Crippen molar-refractivity contribution in [1.29, 1.82) is 0 Å². The third-order valence-electron chi connectivity index (χ3n) is 4.34. The van der Waals surface area contributed by atoms with Crippen LogP contribution < -0.4 is 5.32 Å². The smallest absolute Gasteiger partial charge is 0.358 e. The van der Waals surface area contributed by atoms with E-state index < -0.39 is 11.0 Å². The van der Waals surface area contributed by atoms with Crippen LogP contribution in [0, 0.1) is 24.0 Å². The SMILES string of the molecule is Cc1ccccc1Cn1cc(NC(=O)C(C)n2nc([N+](=O)[O-])cc2C)cn1. The van der Waals surface area contributed by atoms with Crippen molar-refractivity contribution in [3.63, 3.8) is 0 Å². The lowest BCUT2D eigenvalue weighted by Crippen LogP contribution is -2.25. The summed E-state index contributed by atoms with van der Waals surface area (Å²) in [4.78, 5) is 22.8. The topological polar surface area (TPSA) is 108 Å². The molecular formula is C18H20N6O3. The predicted octanol–water partition coefficient (Wildman–Crippen LogP) is 2.85. The number of nitrogens with zero attached hydrogens (tertiary/aromatic N) is 5. The first-order valence-electron chi connectivity index (χ1n) is 8.43. The fourth-order valence-corrected chi connectivity index (χ4v) is 2.79. The fourth-order valence-electron chi connectivity index (χ4n) is 2.79. The summed E-state index contributed by atoms with van der Waals surface area (Å²) < 4.78 is 3.08. The summed E-state index contributed by atoms with van der Waals surface area (Å²) in [7, 11) is 0. The lowest BCUT2D eigenvalue weighted by Gasteiger charge is -2.10. The van der Waals surface area contributed by atoms with Crippen molar-refractivity contribution in [2.24, 2.45) is 0 Å². The Balaban J connectivity index is 1.69. The van der Waals surface area contributed by atoms with Crippen molar-refractivity contribution in [3.05, 3.63) is 69.7 Å². The molecule has 27 heavy (non-hydrogen) atoms. The van der Waals surface area contributed by atoms with Crippen molar-refractivity contribution in [2.45, 2.75) is 33.4 Å². The largest absolute Gasteiger partial charge is 0.390 e. The molecule has 0 spiro atoms. The molecule has 3 aromatic rings. The third kappa shape index (κ3) is 4.02. The highest BCUT2D eigenvalue weighted by Gasteiger charge is 2.24. The molecule has 140 valence electrons. The van der Waals surface area contributed by atoms with Gasteiger partial charge in [0.25, 0.3) is 5.91 Å². The summed E-state index contributed by atoms with van der Waals surface area (Å²) in [5.74, 6) is -0.607. The molecule has 0 saturated heterocycles. The number of carbonyl (C=O) groups excluding carboxylic acids is 1. The van der Waals surface area contributed by atoms with Gasteiger partial charge in [-0.05, 0) is 36.8 Å². The van der Waals surface area contributed by atoms with Gasteiger partial charge in [0, 0.05) is 6.20 Å². The lowest BCUT2D eigenvalue weighted by molar-refractivity contribution is -0.389. The Morgan fingerprint density at radius 2 is 2.07 bits per heavy atom. The van der Waals surface area contributed by atoms with Crippen molar-refractivity contribution in [3.8, 4) is 0 Å². The van der Waals surface area contributed by atoms with Gasteiger partial charge < -0.3 is 15.4 Å². The summed E-state index contributed by atoms with van der Waals surface area (Å²) in [5, 5.41) is 21.8. The molecule has 2 aromatic heterocycles. The maximum Gasteiger partial charge on any atom is 0.390 e. The molecule has 0 aliphatic carbocycles. The van der Waals surface area contributed by atoms with Crippen LogP contribution >= 0.6 is 0 Å². The van der Waals surface area contributed by atoms with E-state index in [9.17, 15) is 14.9 Å². The zero-order valence-electron chi connectivity index (χ0n) is 15.3. The predicted molar refractivity (Wildman–Crippen MR) is 99.5 cm³/mol. The number of aromatic nitrogens is 4. The normalized spacial score (nSPS) is 12.0. The molecule has 0 fully saturated rings. The molecule has 0 radical (unpaired) electrons. The van der Waals surface area contributed by atoms with E-state index in [1.165, 1.54) is 16.3 Å². The third-order valence-corrected chi connectivity index (χ3v) is 4.34. The van der Waals surface area contributed by atoms with Gasteiger partial charge >= 0.3 is 5.82 Å². The number of hydrogen-bond acceptors (Lipinski definition) is 5. The maximum atomic E-state index is 12.5. The zero-order valence-corrected chi connectivity index (χ0v) is 15.3. The zero-order chi connectivity index (χ0) is 19.6. The van der Waals surface area contributed by atoms with E-state index in [1.807, 2.05) is 31.2 Å². The standard InChI is InChI=1S/C18H20N6O3/c1-12-6-4-5-7-15(12)10-22-11-16(9-19-22)20-18(25)14(3)23-13(2)8-17(21-23)24(26)27/h4-9,11,14H,10H2,1-3H3,(H,20,25). The quantitative estimate of drug-likeness (QED) is 0.532. The van der Waals surface area contributed by atoms with Gasteiger partial charge in [-0.1, -0.05) is 24.3 Å². The summed E-state index contributed by atoms with van der Waals surface area (Å²) in [5.41, 5.74) is 3.41. The summed E-state index contributed by atoms with van der Waals surface area (Å²) in [6, 6.07) is 8.67. The average Bonchev–Trinajstić information content (AvgIpc) is 3.23. The van der Waals surface area contributed by atoms with E-state index in [0.717, 1.165) is 5.56 Å². The van der Waals surface area contributed by atoms with Gasteiger partial charge in [-0.3, -0.25) is 9.48 Å². The molecule has 1 N–H and O–H groups in total. The Hall–Kier alpha value is -3.49. The minimum absolute atomic E-state index is 0.279. The number of anilines is 1. The number of nitrogens with one attached hydrogen (secondary N) is 1.